The Morgan fingerprint density at radius 1 is 1.30 bits per heavy atom. The van der Waals surface area contributed by atoms with Crippen molar-refractivity contribution in [1.82, 2.24) is 14.9 Å². The van der Waals surface area contributed by atoms with E-state index in [-0.39, 0.29) is 5.92 Å². The smallest absolute Gasteiger partial charge is 0.308 e. The Labute approximate surface area is 136 Å². The van der Waals surface area contributed by atoms with Crippen molar-refractivity contribution >= 4 is 5.97 Å². The summed E-state index contributed by atoms with van der Waals surface area (Å²) in [6, 6.07) is 7.95. The third-order valence-corrected chi connectivity index (χ3v) is 4.51. The van der Waals surface area contributed by atoms with E-state index in [2.05, 4.69) is 27.9 Å². The lowest BCUT2D eigenvalue weighted by Crippen LogP contribution is -2.23. The van der Waals surface area contributed by atoms with E-state index in [1.54, 1.807) is 12.4 Å². The van der Waals surface area contributed by atoms with Gasteiger partial charge in [0.2, 0.25) is 0 Å². The molecule has 2 aromatic heterocycles. The van der Waals surface area contributed by atoms with Gasteiger partial charge >= 0.3 is 5.97 Å². The minimum atomic E-state index is -0.740. The largest absolute Gasteiger partial charge is 0.481 e. The molecule has 23 heavy (non-hydrogen) atoms. The summed E-state index contributed by atoms with van der Waals surface area (Å²) < 4.78 is 0. The van der Waals surface area contributed by atoms with Gasteiger partial charge in [0.05, 0.1) is 11.6 Å². The van der Waals surface area contributed by atoms with Crippen LogP contribution in [0.15, 0.2) is 42.9 Å². The van der Waals surface area contributed by atoms with Crippen molar-refractivity contribution in [2.24, 2.45) is 5.92 Å². The topological polar surface area (TPSA) is 66.3 Å². The molecule has 1 saturated heterocycles. The summed E-state index contributed by atoms with van der Waals surface area (Å²) in [5, 5.41) is 9.53. The van der Waals surface area contributed by atoms with Crippen LogP contribution in [0.2, 0.25) is 0 Å². The van der Waals surface area contributed by atoms with Crippen molar-refractivity contribution in [1.29, 1.82) is 0 Å². The third kappa shape index (κ3) is 3.56. The summed E-state index contributed by atoms with van der Waals surface area (Å²) in [5.74, 6) is -1.15. The van der Waals surface area contributed by atoms with Crippen molar-refractivity contribution in [3.63, 3.8) is 0 Å². The monoisotopic (exact) mass is 311 g/mol. The zero-order chi connectivity index (χ0) is 16.2. The summed E-state index contributed by atoms with van der Waals surface area (Å²) in [6.07, 6.45) is 6.36. The van der Waals surface area contributed by atoms with Crippen LogP contribution in [0.25, 0.3) is 0 Å². The van der Waals surface area contributed by atoms with Gasteiger partial charge < -0.3 is 5.11 Å². The molecule has 3 rings (SSSR count). The molecule has 0 aliphatic carbocycles. The number of hydrogen-bond acceptors (Lipinski definition) is 4. The Kier molecular flexibility index (Phi) is 4.67. The summed E-state index contributed by atoms with van der Waals surface area (Å²) in [7, 11) is 0. The molecule has 2 aromatic rings. The fourth-order valence-electron chi connectivity index (χ4n) is 3.18. The molecule has 1 aliphatic heterocycles. The SMILES string of the molecule is CCc1ccc(CN2C[C@H](C(=O)O)[C@@H](c3cccnc3)C2)nc1. The number of carboxylic acids is 1. The molecule has 0 radical (unpaired) electrons. The first-order chi connectivity index (χ1) is 11.2. The van der Waals surface area contributed by atoms with Gasteiger partial charge in [-0.05, 0) is 29.7 Å². The second-order valence-electron chi connectivity index (χ2n) is 6.04. The van der Waals surface area contributed by atoms with Crippen LogP contribution >= 0.6 is 0 Å². The number of likely N-dealkylation sites (tertiary alicyclic amines) is 1. The fraction of sp³-hybridized carbons (Fsp3) is 0.389. The van der Waals surface area contributed by atoms with E-state index in [1.807, 2.05) is 24.4 Å². The van der Waals surface area contributed by atoms with Gasteiger partial charge in [-0.25, -0.2) is 0 Å². The molecule has 0 amide bonds. The van der Waals surface area contributed by atoms with E-state index in [4.69, 9.17) is 0 Å². The van der Waals surface area contributed by atoms with Crippen molar-refractivity contribution in [2.75, 3.05) is 13.1 Å². The molecule has 0 unspecified atom stereocenters. The van der Waals surface area contributed by atoms with Crippen LogP contribution in [0.5, 0.6) is 0 Å². The number of hydrogen-bond donors (Lipinski definition) is 1. The van der Waals surface area contributed by atoms with Gasteiger partial charge in [-0.3, -0.25) is 19.7 Å². The predicted octanol–water partition coefficient (Wildman–Crippen LogP) is 2.34. The molecule has 1 aliphatic rings. The Hall–Kier alpha value is -2.27. The van der Waals surface area contributed by atoms with Crippen LogP contribution in [0, 0.1) is 5.92 Å². The Morgan fingerprint density at radius 2 is 2.17 bits per heavy atom. The summed E-state index contributed by atoms with van der Waals surface area (Å²) >= 11 is 0. The zero-order valence-corrected chi connectivity index (χ0v) is 13.2. The molecule has 0 bridgehead atoms. The Bertz CT molecular complexity index is 658. The van der Waals surface area contributed by atoms with Crippen molar-refractivity contribution in [3.05, 3.63) is 59.7 Å². The lowest BCUT2D eigenvalue weighted by Gasteiger charge is -2.15. The first kappa shape index (κ1) is 15.6. The second kappa shape index (κ2) is 6.87. The maximum absolute atomic E-state index is 11.6. The fourth-order valence-corrected chi connectivity index (χ4v) is 3.18. The zero-order valence-electron chi connectivity index (χ0n) is 13.2. The molecule has 2 atom stereocenters. The number of pyridine rings is 2. The van der Waals surface area contributed by atoms with Crippen molar-refractivity contribution < 1.29 is 9.90 Å². The van der Waals surface area contributed by atoms with Gasteiger partial charge in [0.1, 0.15) is 0 Å². The molecule has 5 heteroatoms. The van der Waals surface area contributed by atoms with Crippen LogP contribution in [0.3, 0.4) is 0 Å². The average Bonchev–Trinajstić information content (AvgIpc) is 3.00. The quantitative estimate of drug-likeness (QED) is 0.918. The Balaban J connectivity index is 1.73. The highest BCUT2D eigenvalue weighted by Gasteiger charge is 2.38. The van der Waals surface area contributed by atoms with Gasteiger partial charge in [0, 0.05) is 44.1 Å². The average molecular weight is 311 g/mol. The predicted molar refractivity (Wildman–Crippen MR) is 87.0 cm³/mol. The molecule has 0 aromatic carbocycles. The van der Waals surface area contributed by atoms with Gasteiger partial charge in [-0.1, -0.05) is 19.1 Å². The van der Waals surface area contributed by atoms with E-state index in [0.717, 1.165) is 24.2 Å². The first-order valence-electron chi connectivity index (χ1n) is 7.96. The number of aryl methyl sites for hydroxylation is 1. The van der Waals surface area contributed by atoms with Crippen LogP contribution < -0.4 is 0 Å². The van der Waals surface area contributed by atoms with Gasteiger partial charge in [0.15, 0.2) is 0 Å². The molecule has 1 N–H and O–H groups in total. The number of nitrogens with zero attached hydrogens (tertiary/aromatic N) is 3. The number of rotatable bonds is 5. The number of aromatic nitrogens is 2. The van der Waals surface area contributed by atoms with Gasteiger partial charge in [-0.2, -0.15) is 0 Å². The number of carbonyl (C=O) groups is 1. The minimum Gasteiger partial charge on any atom is -0.481 e. The molecule has 1 fully saturated rings. The highest BCUT2D eigenvalue weighted by atomic mass is 16.4. The van der Waals surface area contributed by atoms with E-state index >= 15 is 0 Å². The summed E-state index contributed by atoms with van der Waals surface area (Å²) in [5.41, 5.74) is 3.20. The lowest BCUT2D eigenvalue weighted by atomic mass is 9.90. The molecular formula is C18H21N3O2. The van der Waals surface area contributed by atoms with Crippen LogP contribution in [0.1, 0.15) is 29.7 Å². The second-order valence-corrected chi connectivity index (χ2v) is 6.04. The van der Waals surface area contributed by atoms with Crippen LogP contribution in [0.4, 0.5) is 0 Å². The molecule has 120 valence electrons. The highest BCUT2D eigenvalue weighted by Crippen LogP contribution is 2.33. The van der Waals surface area contributed by atoms with Gasteiger partial charge in [0.25, 0.3) is 0 Å². The van der Waals surface area contributed by atoms with Crippen LogP contribution in [-0.2, 0) is 17.8 Å². The normalized spacial score (nSPS) is 21.4. The first-order valence-corrected chi connectivity index (χ1v) is 7.96. The van der Waals surface area contributed by atoms with E-state index in [9.17, 15) is 9.90 Å². The molecule has 0 spiro atoms. The number of carboxylic acid groups (broad SMARTS) is 1. The van der Waals surface area contributed by atoms with E-state index in [0.29, 0.717) is 13.1 Å². The third-order valence-electron chi connectivity index (χ3n) is 4.51. The highest BCUT2D eigenvalue weighted by molar-refractivity contribution is 5.72. The van der Waals surface area contributed by atoms with Crippen molar-refractivity contribution in [3.8, 4) is 0 Å². The number of aliphatic carboxylic acids is 1. The summed E-state index contributed by atoms with van der Waals surface area (Å²) in [4.78, 5) is 22.4. The molecule has 0 saturated carbocycles. The van der Waals surface area contributed by atoms with Gasteiger partial charge in [-0.15, -0.1) is 0 Å². The maximum atomic E-state index is 11.6. The molecule has 3 heterocycles. The van der Waals surface area contributed by atoms with E-state index in [1.165, 1.54) is 5.56 Å². The van der Waals surface area contributed by atoms with E-state index < -0.39 is 11.9 Å². The lowest BCUT2D eigenvalue weighted by molar-refractivity contribution is -0.141. The molecular weight excluding hydrogens is 290 g/mol. The minimum absolute atomic E-state index is 0.0175. The summed E-state index contributed by atoms with van der Waals surface area (Å²) in [6.45, 7) is 4.06. The Morgan fingerprint density at radius 3 is 2.78 bits per heavy atom. The molecule has 5 nitrogen and oxygen atoms in total. The van der Waals surface area contributed by atoms with Crippen LogP contribution in [-0.4, -0.2) is 39.0 Å². The van der Waals surface area contributed by atoms with Crippen molar-refractivity contribution in [2.45, 2.75) is 25.8 Å². The maximum Gasteiger partial charge on any atom is 0.308 e. The standard InChI is InChI=1S/C18H21N3O2/c1-2-13-5-6-15(20-8-13)10-21-11-16(17(12-21)18(22)23)14-4-3-7-19-9-14/h3-9,16-17H,2,10-12H2,1H3,(H,22,23)/t16-,17+/m1/s1.